The van der Waals surface area contributed by atoms with Gasteiger partial charge in [-0.05, 0) is 30.8 Å². The van der Waals surface area contributed by atoms with Gasteiger partial charge in [-0.25, -0.2) is 0 Å². The van der Waals surface area contributed by atoms with Crippen molar-refractivity contribution < 1.29 is 4.79 Å². The molecule has 0 saturated carbocycles. The smallest absolute Gasteiger partial charge is 0.256 e. The monoisotopic (exact) mass is 417 g/mol. The van der Waals surface area contributed by atoms with Crippen LogP contribution in [-0.4, -0.2) is 19.3 Å². The van der Waals surface area contributed by atoms with E-state index in [9.17, 15) is 9.59 Å². The number of carbonyl (C=O) groups excluding carboxylic acids is 1. The highest BCUT2D eigenvalue weighted by Gasteiger charge is 2.36. The summed E-state index contributed by atoms with van der Waals surface area (Å²) in [5, 5.41) is 2.50. The van der Waals surface area contributed by atoms with Crippen LogP contribution in [-0.2, 0) is 4.79 Å². The Kier molecular flexibility index (Phi) is 6.46. The third kappa shape index (κ3) is 5.44. The highest BCUT2D eigenvalue weighted by molar-refractivity contribution is 7.71. The summed E-state index contributed by atoms with van der Waals surface area (Å²) in [6.07, 6.45) is 1.61. The van der Waals surface area contributed by atoms with Crippen LogP contribution in [0.5, 0.6) is 0 Å². The molecular weight excluding hydrogens is 405 g/mol. The van der Waals surface area contributed by atoms with Crippen molar-refractivity contribution in [2.24, 2.45) is 0 Å². The van der Waals surface area contributed by atoms with Gasteiger partial charge in [0.1, 0.15) is 0 Å². The second-order valence-corrected chi connectivity index (χ2v) is 7.92. The first-order valence-corrected chi connectivity index (χ1v) is 8.65. The van der Waals surface area contributed by atoms with Gasteiger partial charge in [-0.3, -0.25) is 14.2 Å². The fraction of sp³-hybridized carbons (Fsp3) is 0.188. The standard InChI is InChI=1S/C16H14Cl3N3O2S/c1-10-9-13(24)22(15(25)20-10)14(16(17,18)19)21-12(23)8-7-11-5-3-2-4-6-11/h2-9,14H,1H3,(H,20,25)(H,21,23)/b8-7+. The van der Waals surface area contributed by atoms with Crippen LogP contribution in [0.1, 0.15) is 17.4 Å². The number of benzene rings is 1. The summed E-state index contributed by atoms with van der Waals surface area (Å²) in [7, 11) is 0. The molecule has 5 nitrogen and oxygen atoms in total. The molecule has 25 heavy (non-hydrogen) atoms. The van der Waals surface area contributed by atoms with Gasteiger partial charge in [0.05, 0.1) is 0 Å². The summed E-state index contributed by atoms with van der Waals surface area (Å²) in [4.78, 5) is 27.2. The Morgan fingerprint density at radius 3 is 2.52 bits per heavy atom. The van der Waals surface area contributed by atoms with Gasteiger partial charge in [-0.15, -0.1) is 0 Å². The molecule has 0 fully saturated rings. The van der Waals surface area contributed by atoms with Gasteiger partial charge in [0, 0.05) is 17.8 Å². The molecule has 1 aromatic carbocycles. The van der Waals surface area contributed by atoms with Crippen LogP contribution in [0.15, 0.2) is 47.3 Å². The number of carbonyl (C=O) groups is 1. The predicted octanol–water partition coefficient (Wildman–Crippen LogP) is 3.91. The Hall–Kier alpha value is -1.60. The van der Waals surface area contributed by atoms with Crippen molar-refractivity contribution in [3.8, 4) is 0 Å². The van der Waals surface area contributed by atoms with Crippen molar-refractivity contribution in [2.45, 2.75) is 16.9 Å². The predicted molar refractivity (Wildman–Crippen MR) is 104 cm³/mol. The zero-order valence-corrected chi connectivity index (χ0v) is 16.1. The number of aromatic nitrogens is 2. The average Bonchev–Trinajstić information content (AvgIpc) is 2.51. The van der Waals surface area contributed by atoms with Crippen LogP contribution in [0.3, 0.4) is 0 Å². The number of alkyl halides is 3. The van der Waals surface area contributed by atoms with E-state index in [0.29, 0.717) is 5.69 Å². The van der Waals surface area contributed by atoms with E-state index in [2.05, 4.69) is 10.3 Å². The Balaban J connectivity index is 2.31. The van der Waals surface area contributed by atoms with Gasteiger partial charge in [0.25, 0.3) is 5.56 Å². The van der Waals surface area contributed by atoms with Gasteiger partial charge < -0.3 is 10.3 Å². The number of nitrogens with zero attached hydrogens (tertiary/aromatic N) is 1. The second kappa shape index (κ2) is 8.19. The van der Waals surface area contributed by atoms with E-state index in [1.54, 1.807) is 13.0 Å². The van der Waals surface area contributed by atoms with Crippen molar-refractivity contribution in [3.05, 3.63) is 68.9 Å². The fourth-order valence-electron chi connectivity index (χ4n) is 2.08. The number of amides is 1. The maximum Gasteiger partial charge on any atom is 0.256 e. The number of aryl methyl sites for hydroxylation is 1. The zero-order chi connectivity index (χ0) is 18.6. The number of aromatic amines is 1. The van der Waals surface area contributed by atoms with Gasteiger partial charge >= 0.3 is 0 Å². The van der Waals surface area contributed by atoms with Crippen LogP contribution in [0.2, 0.25) is 0 Å². The molecule has 9 heteroatoms. The molecule has 0 radical (unpaired) electrons. The summed E-state index contributed by atoms with van der Waals surface area (Å²) in [5.74, 6) is -0.540. The van der Waals surface area contributed by atoms with E-state index in [1.807, 2.05) is 30.3 Å². The van der Waals surface area contributed by atoms with Crippen LogP contribution in [0.4, 0.5) is 0 Å². The van der Waals surface area contributed by atoms with E-state index >= 15 is 0 Å². The normalized spacial score (nSPS) is 13.0. The van der Waals surface area contributed by atoms with E-state index in [0.717, 1.165) is 10.1 Å². The molecular formula is C16H14Cl3N3O2S. The molecule has 1 heterocycles. The molecule has 1 unspecified atom stereocenters. The molecule has 0 spiro atoms. The van der Waals surface area contributed by atoms with Crippen LogP contribution in [0.25, 0.3) is 6.08 Å². The molecule has 0 saturated heterocycles. The maximum absolute atomic E-state index is 12.2. The first kappa shape index (κ1) is 19.7. The number of halogens is 3. The lowest BCUT2D eigenvalue weighted by Gasteiger charge is -2.26. The molecule has 2 rings (SSSR count). The van der Waals surface area contributed by atoms with Crippen LogP contribution in [0, 0.1) is 11.7 Å². The van der Waals surface area contributed by atoms with Gasteiger partial charge in [0.15, 0.2) is 10.9 Å². The summed E-state index contributed by atoms with van der Waals surface area (Å²) < 4.78 is -0.936. The molecule has 0 aliphatic rings. The minimum Gasteiger partial charge on any atom is -0.336 e. The summed E-state index contributed by atoms with van der Waals surface area (Å²) in [6, 6.07) is 10.5. The van der Waals surface area contributed by atoms with E-state index in [4.69, 9.17) is 47.0 Å². The van der Waals surface area contributed by atoms with Gasteiger partial charge in [-0.2, -0.15) is 0 Å². The van der Waals surface area contributed by atoms with E-state index < -0.39 is 21.4 Å². The third-order valence-corrected chi connectivity index (χ3v) is 4.09. The van der Waals surface area contributed by atoms with E-state index in [1.165, 1.54) is 12.1 Å². The van der Waals surface area contributed by atoms with Crippen molar-refractivity contribution in [1.82, 2.24) is 14.9 Å². The fourth-order valence-corrected chi connectivity index (χ4v) is 2.89. The van der Waals surface area contributed by atoms with Gasteiger partial charge in [-0.1, -0.05) is 65.1 Å². The molecule has 2 N–H and O–H groups in total. The number of rotatable bonds is 4. The number of nitrogens with one attached hydrogen (secondary N) is 2. The zero-order valence-electron chi connectivity index (χ0n) is 13.0. The first-order valence-electron chi connectivity index (χ1n) is 7.11. The first-order chi connectivity index (χ1) is 11.7. The largest absolute Gasteiger partial charge is 0.336 e. The molecule has 1 amide bonds. The topological polar surface area (TPSA) is 66.9 Å². The molecule has 0 bridgehead atoms. The highest BCUT2D eigenvalue weighted by atomic mass is 35.6. The molecule has 1 aromatic heterocycles. The second-order valence-electron chi connectivity index (χ2n) is 5.16. The SMILES string of the molecule is Cc1cc(=O)n(C(NC(=O)/C=C/c2ccccc2)C(Cl)(Cl)Cl)c(=S)[nH]1. The Bertz CT molecular complexity index is 870. The Labute approximate surface area is 164 Å². The molecule has 0 aliphatic heterocycles. The van der Waals surface area contributed by atoms with Crippen molar-refractivity contribution in [2.75, 3.05) is 0 Å². The lowest BCUT2D eigenvalue weighted by atomic mass is 10.2. The van der Waals surface area contributed by atoms with Crippen molar-refractivity contribution in [3.63, 3.8) is 0 Å². The van der Waals surface area contributed by atoms with E-state index in [-0.39, 0.29) is 4.77 Å². The molecule has 2 aromatic rings. The highest BCUT2D eigenvalue weighted by Crippen LogP contribution is 2.36. The van der Waals surface area contributed by atoms with Crippen LogP contribution < -0.4 is 10.9 Å². The minimum absolute atomic E-state index is 0.0358. The maximum atomic E-state index is 12.2. The summed E-state index contributed by atoms with van der Waals surface area (Å²) in [6.45, 7) is 1.67. The Morgan fingerprint density at radius 2 is 1.96 bits per heavy atom. The van der Waals surface area contributed by atoms with Crippen LogP contribution >= 0.6 is 47.0 Å². The number of H-pyrrole nitrogens is 1. The quantitative estimate of drug-likeness (QED) is 0.449. The summed E-state index contributed by atoms with van der Waals surface area (Å²) in [5.41, 5.74) is 0.891. The Morgan fingerprint density at radius 1 is 1.32 bits per heavy atom. The molecule has 1 atom stereocenters. The minimum atomic E-state index is -1.99. The summed E-state index contributed by atoms with van der Waals surface area (Å²) >= 11 is 23.0. The van der Waals surface area contributed by atoms with Gasteiger partial charge in [0.2, 0.25) is 9.70 Å². The van der Waals surface area contributed by atoms with Crippen molar-refractivity contribution >= 4 is 59.0 Å². The number of hydrogen-bond acceptors (Lipinski definition) is 3. The third-order valence-electron chi connectivity index (χ3n) is 3.17. The van der Waals surface area contributed by atoms with Crippen molar-refractivity contribution in [1.29, 1.82) is 0 Å². The lowest BCUT2D eigenvalue weighted by Crippen LogP contribution is -2.44. The number of hydrogen-bond donors (Lipinski definition) is 2. The molecule has 132 valence electrons. The molecule has 0 aliphatic carbocycles. The lowest BCUT2D eigenvalue weighted by molar-refractivity contribution is -0.117. The average molecular weight is 419 g/mol.